The van der Waals surface area contributed by atoms with Crippen molar-refractivity contribution >= 4 is 27.8 Å². The number of anilines is 1. The highest BCUT2D eigenvalue weighted by Crippen LogP contribution is 2.60. The molecule has 0 radical (unpaired) electrons. The zero-order valence-corrected chi connectivity index (χ0v) is 22.3. The Morgan fingerprint density at radius 3 is 2.06 bits per heavy atom. The number of carbonyl (C=O) groups excluding carboxylic acids is 1. The molecule has 0 aliphatic heterocycles. The molecule has 1 amide bonds. The second kappa shape index (κ2) is 9.66. The van der Waals surface area contributed by atoms with E-state index < -0.39 is 15.9 Å². The highest BCUT2D eigenvalue weighted by atomic mass is 32.2. The van der Waals surface area contributed by atoms with Crippen molar-refractivity contribution in [2.75, 3.05) is 17.1 Å². The van der Waals surface area contributed by atoms with Crippen molar-refractivity contribution < 1.29 is 13.2 Å². The molecule has 0 saturated heterocycles. The molecule has 4 saturated carbocycles. The van der Waals surface area contributed by atoms with Crippen LogP contribution in [0, 0.1) is 17.8 Å². The summed E-state index contributed by atoms with van der Waals surface area (Å²) in [6, 6.07) is 15.9. The summed E-state index contributed by atoms with van der Waals surface area (Å²) in [5.41, 5.74) is 6.65. The predicted octanol–water partition coefficient (Wildman–Crippen LogP) is 5.19. The molecule has 2 aromatic rings. The summed E-state index contributed by atoms with van der Waals surface area (Å²) >= 11 is 0. The van der Waals surface area contributed by atoms with Crippen molar-refractivity contribution in [1.82, 2.24) is 5.43 Å². The van der Waals surface area contributed by atoms with Gasteiger partial charge in [-0.1, -0.05) is 50.2 Å². The van der Waals surface area contributed by atoms with Crippen LogP contribution < -0.4 is 9.73 Å². The van der Waals surface area contributed by atoms with Gasteiger partial charge in [0.2, 0.25) is 10.0 Å². The molecule has 0 spiro atoms. The number of sulfonamides is 1. The lowest BCUT2D eigenvalue weighted by atomic mass is 9.48. The van der Waals surface area contributed by atoms with Gasteiger partial charge in [-0.05, 0) is 96.4 Å². The summed E-state index contributed by atoms with van der Waals surface area (Å²) in [6.45, 7) is 3.94. The van der Waals surface area contributed by atoms with E-state index in [1.165, 1.54) is 49.7 Å². The molecule has 192 valence electrons. The maximum Gasteiger partial charge on any atom is 0.260 e. The van der Waals surface area contributed by atoms with Crippen molar-refractivity contribution in [3.05, 3.63) is 65.2 Å². The van der Waals surface area contributed by atoms with Crippen LogP contribution in [0.25, 0.3) is 0 Å². The molecular weight excluding hydrogens is 470 g/mol. The van der Waals surface area contributed by atoms with E-state index in [1.54, 1.807) is 6.21 Å². The summed E-state index contributed by atoms with van der Waals surface area (Å²) < 4.78 is 26.3. The van der Waals surface area contributed by atoms with Crippen molar-refractivity contribution in [3.63, 3.8) is 0 Å². The molecule has 7 heteroatoms. The molecule has 36 heavy (non-hydrogen) atoms. The standard InChI is InChI=1S/C29H37N3O3S/c1-20(2)25-6-4-21(5-7-25)18-30-31-28(33)19-32(36(3,34)35)27-10-8-26(9-11-27)29-15-22-12-23(16-29)14-24(13-22)17-29/h4-11,18,20,22-24H,12-17,19H2,1-3H3,(H,31,33)/b30-18-. The number of hydrogen-bond donors (Lipinski definition) is 1. The van der Waals surface area contributed by atoms with Gasteiger partial charge in [0, 0.05) is 0 Å². The molecule has 6 nitrogen and oxygen atoms in total. The van der Waals surface area contributed by atoms with Gasteiger partial charge in [-0.25, -0.2) is 13.8 Å². The van der Waals surface area contributed by atoms with Crippen LogP contribution in [0.1, 0.15) is 75.0 Å². The fourth-order valence-electron chi connectivity index (χ4n) is 7.16. The van der Waals surface area contributed by atoms with Crippen LogP contribution in [0.2, 0.25) is 0 Å². The average Bonchev–Trinajstić information content (AvgIpc) is 2.81. The Morgan fingerprint density at radius 2 is 1.56 bits per heavy atom. The van der Waals surface area contributed by atoms with Gasteiger partial charge in [0.25, 0.3) is 5.91 Å². The van der Waals surface area contributed by atoms with Crippen LogP contribution in [-0.2, 0) is 20.2 Å². The summed E-state index contributed by atoms with van der Waals surface area (Å²) in [7, 11) is -3.64. The number of amides is 1. The van der Waals surface area contributed by atoms with E-state index in [4.69, 9.17) is 0 Å². The van der Waals surface area contributed by atoms with Gasteiger partial charge in [-0.15, -0.1) is 0 Å². The Balaban J connectivity index is 1.25. The summed E-state index contributed by atoms with van der Waals surface area (Å²) in [4.78, 5) is 12.6. The number of nitrogens with one attached hydrogen (secondary N) is 1. The van der Waals surface area contributed by atoms with Gasteiger partial charge in [0.1, 0.15) is 6.54 Å². The monoisotopic (exact) mass is 507 g/mol. The van der Waals surface area contributed by atoms with Crippen LogP contribution in [0.15, 0.2) is 53.6 Å². The van der Waals surface area contributed by atoms with Crippen LogP contribution in [-0.4, -0.2) is 33.3 Å². The summed E-state index contributed by atoms with van der Waals surface area (Å²) in [6.07, 6.45) is 10.6. The highest BCUT2D eigenvalue weighted by molar-refractivity contribution is 7.92. The maximum absolute atomic E-state index is 12.6. The van der Waals surface area contributed by atoms with Crippen molar-refractivity contribution in [2.24, 2.45) is 22.9 Å². The second-order valence-corrected chi connectivity index (χ2v) is 13.5. The smallest absolute Gasteiger partial charge is 0.260 e. The van der Waals surface area contributed by atoms with E-state index in [0.717, 1.165) is 33.9 Å². The Kier molecular flexibility index (Phi) is 6.70. The second-order valence-electron chi connectivity index (χ2n) is 11.6. The van der Waals surface area contributed by atoms with Crippen LogP contribution in [0.4, 0.5) is 5.69 Å². The fraction of sp³-hybridized carbons (Fsp3) is 0.517. The van der Waals surface area contributed by atoms with E-state index in [1.807, 2.05) is 36.4 Å². The topological polar surface area (TPSA) is 78.8 Å². The summed E-state index contributed by atoms with van der Waals surface area (Å²) in [5.74, 6) is 2.50. The lowest BCUT2D eigenvalue weighted by Crippen LogP contribution is -2.48. The molecule has 0 atom stereocenters. The Hall–Kier alpha value is -2.67. The van der Waals surface area contributed by atoms with Gasteiger partial charge in [-0.3, -0.25) is 9.10 Å². The number of benzene rings is 2. The van der Waals surface area contributed by atoms with Gasteiger partial charge in [0.05, 0.1) is 18.2 Å². The third-order valence-electron chi connectivity index (χ3n) is 8.50. The lowest BCUT2D eigenvalue weighted by Gasteiger charge is -2.57. The quantitative estimate of drug-likeness (QED) is 0.394. The first-order valence-electron chi connectivity index (χ1n) is 13.1. The normalized spacial score (nSPS) is 27.1. The lowest BCUT2D eigenvalue weighted by molar-refractivity contribution is -0.119. The van der Waals surface area contributed by atoms with Crippen LogP contribution in [0.5, 0.6) is 0 Å². The van der Waals surface area contributed by atoms with Crippen molar-refractivity contribution in [2.45, 2.75) is 63.7 Å². The molecular formula is C29H37N3O3S. The minimum atomic E-state index is -3.64. The molecule has 0 aromatic heterocycles. The number of hydrogen-bond acceptors (Lipinski definition) is 4. The van der Waals surface area contributed by atoms with Crippen LogP contribution >= 0.6 is 0 Å². The highest BCUT2D eigenvalue weighted by Gasteiger charge is 2.51. The van der Waals surface area contributed by atoms with E-state index >= 15 is 0 Å². The number of hydrazone groups is 1. The largest absolute Gasteiger partial charge is 0.271 e. The number of rotatable bonds is 8. The summed E-state index contributed by atoms with van der Waals surface area (Å²) in [5, 5.41) is 4.02. The predicted molar refractivity (Wildman–Crippen MR) is 145 cm³/mol. The maximum atomic E-state index is 12.6. The number of nitrogens with zero attached hydrogens (tertiary/aromatic N) is 2. The zero-order chi connectivity index (χ0) is 25.5. The van der Waals surface area contributed by atoms with E-state index in [9.17, 15) is 13.2 Å². The minimum Gasteiger partial charge on any atom is -0.271 e. The molecule has 4 bridgehead atoms. The first-order chi connectivity index (χ1) is 17.1. The fourth-order valence-corrected chi connectivity index (χ4v) is 8.01. The van der Waals surface area contributed by atoms with Gasteiger partial charge >= 0.3 is 0 Å². The zero-order valence-electron chi connectivity index (χ0n) is 21.5. The first kappa shape index (κ1) is 25.0. The average molecular weight is 508 g/mol. The Morgan fingerprint density at radius 1 is 1.00 bits per heavy atom. The van der Waals surface area contributed by atoms with Crippen LogP contribution in [0.3, 0.4) is 0 Å². The molecule has 0 heterocycles. The third kappa shape index (κ3) is 5.22. The van der Waals surface area contributed by atoms with E-state index in [-0.39, 0.29) is 12.0 Å². The SMILES string of the molecule is CC(C)c1ccc(/C=N\NC(=O)CN(c2ccc(C34CC5CC(CC(C5)C3)C4)cc2)S(C)(=O)=O)cc1. The third-order valence-corrected chi connectivity index (χ3v) is 9.64. The molecule has 4 aliphatic rings. The molecule has 4 aliphatic carbocycles. The van der Waals surface area contributed by atoms with E-state index in [0.29, 0.717) is 11.6 Å². The Bertz CT molecular complexity index is 1200. The molecule has 0 unspecified atom stereocenters. The van der Waals surface area contributed by atoms with Gasteiger partial charge in [0.15, 0.2) is 0 Å². The van der Waals surface area contributed by atoms with Gasteiger partial charge in [-0.2, -0.15) is 5.10 Å². The van der Waals surface area contributed by atoms with E-state index in [2.05, 4.69) is 36.5 Å². The molecule has 6 rings (SSSR count). The van der Waals surface area contributed by atoms with Crippen molar-refractivity contribution in [3.8, 4) is 0 Å². The molecule has 2 aromatic carbocycles. The Labute approximate surface area is 215 Å². The van der Waals surface area contributed by atoms with Crippen molar-refractivity contribution in [1.29, 1.82) is 0 Å². The van der Waals surface area contributed by atoms with Gasteiger partial charge < -0.3 is 0 Å². The number of carbonyl (C=O) groups is 1. The first-order valence-corrected chi connectivity index (χ1v) is 15.0. The minimum absolute atomic E-state index is 0.253. The molecule has 1 N–H and O–H groups in total. The molecule has 4 fully saturated rings.